The number of anilines is 1. The highest BCUT2D eigenvalue weighted by molar-refractivity contribution is 8.19. The van der Waals surface area contributed by atoms with Crippen molar-refractivity contribution < 1.29 is 23.5 Å². The monoisotopic (exact) mass is 469 g/mol. The molecule has 8 heteroatoms. The number of thioether (sulfide) groups is 1. The number of hydrogen-bond donors (Lipinski definition) is 0. The summed E-state index contributed by atoms with van der Waals surface area (Å²) in [6.45, 7) is 0.0440. The van der Waals surface area contributed by atoms with E-state index in [0.717, 1.165) is 16.7 Å². The molecule has 162 valence electrons. The van der Waals surface area contributed by atoms with Gasteiger partial charge >= 0.3 is 0 Å². The minimum Gasteiger partial charge on any atom is -0.493 e. The number of hydrogen-bond acceptors (Lipinski definition) is 5. The largest absolute Gasteiger partial charge is 0.493 e. The molecule has 4 rings (SSSR count). The molecule has 0 aromatic heterocycles. The van der Waals surface area contributed by atoms with Crippen LogP contribution in [0.25, 0.3) is 6.08 Å². The van der Waals surface area contributed by atoms with Crippen LogP contribution in [0.4, 0.5) is 14.9 Å². The normalized spacial score (nSPS) is 14.8. The molecule has 1 saturated heterocycles. The van der Waals surface area contributed by atoms with Crippen LogP contribution < -0.4 is 14.4 Å². The van der Waals surface area contributed by atoms with E-state index in [2.05, 4.69) is 0 Å². The van der Waals surface area contributed by atoms with Crippen LogP contribution in [-0.4, -0.2) is 18.3 Å². The lowest BCUT2D eigenvalue weighted by atomic mass is 10.1. The molecule has 0 spiro atoms. The van der Waals surface area contributed by atoms with Crippen molar-refractivity contribution in [2.24, 2.45) is 0 Å². The molecule has 0 radical (unpaired) electrons. The van der Waals surface area contributed by atoms with Gasteiger partial charge in [-0.1, -0.05) is 35.9 Å². The van der Waals surface area contributed by atoms with Crippen molar-refractivity contribution in [3.8, 4) is 11.5 Å². The van der Waals surface area contributed by atoms with E-state index in [1.165, 1.54) is 13.2 Å². The molecule has 0 unspecified atom stereocenters. The van der Waals surface area contributed by atoms with Crippen LogP contribution in [0.15, 0.2) is 71.6 Å². The van der Waals surface area contributed by atoms with E-state index in [0.29, 0.717) is 33.3 Å². The fourth-order valence-electron chi connectivity index (χ4n) is 3.10. The Hall–Kier alpha value is -3.29. The molecule has 0 saturated carbocycles. The van der Waals surface area contributed by atoms with Crippen LogP contribution in [0.3, 0.4) is 0 Å². The molecule has 0 N–H and O–H groups in total. The smallest absolute Gasteiger partial charge is 0.298 e. The van der Waals surface area contributed by atoms with Crippen molar-refractivity contribution in [1.29, 1.82) is 0 Å². The summed E-state index contributed by atoms with van der Waals surface area (Å²) in [5.74, 6) is 0.0925. The lowest BCUT2D eigenvalue weighted by molar-refractivity contribution is -0.113. The first kappa shape index (κ1) is 21.9. The Morgan fingerprint density at radius 1 is 1.03 bits per heavy atom. The standard InChI is InChI=1S/C24H17ClFNO4S/c1-30-21-12-15(6-11-20(21)31-14-16-4-2-3-5-19(16)26)13-22-23(28)27(24(29)32-22)18-9-7-17(25)8-10-18/h2-13H,14H2,1H3/b22-13+. The van der Waals surface area contributed by atoms with Crippen LogP contribution in [0, 0.1) is 5.82 Å². The maximum Gasteiger partial charge on any atom is 0.298 e. The van der Waals surface area contributed by atoms with Crippen molar-refractivity contribution >= 4 is 46.3 Å². The SMILES string of the molecule is COc1cc(/C=C2/SC(=O)N(c3ccc(Cl)cc3)C2=O)ccc1OCc1ccccc1F. The molecule has 0 aliphatic carbocycles. The summed E-state index contributed by atoms with van der Waals surface area (Å²) in [4.78, 5) is 26.6. The summed E-state index contributed by atoms with van der Waals surface area (Å²) in [6.07, 6.45) is 1.62. The van der Waals surface area contributed by atoms with Gasteiger partial charge in [0, 0.05) is 10.6 Å². The van der Waals surface area contributed by atoms with Crippen molar-refractivity contribution in [2.45, 2.75) is 6.61 Å². The number of nitrogens with zero attached hydrogens (tertiary/aromatic N) is 1. The lowest BCUT2D eigenvalue weighted by Crippen LogP contribution is -2.27. The van der Waals surface area contributed by atoms with E-state index in [1.54, 1.807) is 66.7 Å². The molecular formula is C24H17ClFNO4S. The summed E-state index contributed by atoms with van der Waals surface area (Å²) in [7, 11) is 1.49. The second kappa shape index (κ2) is 9.46. The number of carbonyl (C=O) groups is 2. The number of benzene rings is 3. The first-order valence-corrected chi connectivity index (χ1v) is 10.7. The fourth-order valence-corrected chi connectivity index (χ4v) is 4.06. The third kappa shape index (κ3) is 4.64. The van der Waals surface area contributed by atoms with Crippen LogP contribution in [0.5, 0.6) is 11.5 Å². The zero-order valence-electron chi connectivity index (χ0n) is 16.9. The molecule has 1 heterocycles. The average molecular weight is 470 g/mol. The van der Waals surface area contributed by atoms with Gasteiger partial charge in [0.15, 0.2) is 11.5 Å². The average Bonchev–Trinajstić information content (AvgIpc) is 3.07. The Morgan fingerprint density at radius 2 is 1.78 bits per heavy atom. The zero-order chi connectivity index (χ0) is 22.7. The molecule has 0 bridgehead atoms. The molecule has 1 aliphatic rings. The molecule has 3 aromatic carbocycles. The van der Waals surface area contributed by atoms with E-state index >= 15 is 0 Å². The predicted octanol–water partition coefficient (Wildman–Crippen LogP) is 6.31. The molecule has 3 aromatic rings. The van der Waals surface area contributed by atoms with Gasteiger partial charge in [0.05, 0.1) is 17.7 Å². The van der Waals surface area contributed by atoms with E-state index < -0.39 is 5.91 Å². The predicted molar refractivity (Wildman–Crippen MR) is 124 cm³/mol. The molecule has 5 nitrogen and oxygen atoms in total. The lowest BCUT2D eigenvalue weighted by Gasteiger charge is -2.12. The first-order chi connectivity index (χ1) is 15.5. The van der Waals surface area contributed by atoms with Gasteiger partial charge in [-0.05, 0) is 65.9 Å². The van der Waals surface area contributed by atoms with Crippen LogP contribution in [0.1, 0.15) is 11.1 Å². The molecule has 32 heavy (non-hydrogen) atoms. The Kier molecular flexibility index (Phi) is 6.48. The van der Waals surface area contributed by atoms with Crippen LogP contribution >= 0.6 is 23.4 Å². The molecular weight excluding hydrogens is 453 g/mol. The third-order valence-corrected chi connectivity index (χ3v) is 5.83. The summed E-state index contributed by atoms with van der Waals surface area (Å²) in [5, 5.41) is 0.126. The summed E-state index contributed by atoms with van der Waals surface area (Å²) in [6, 6.07) is 17.9. The number of amides is 2. The van der Waals surface area contributed by atoms with E-state index in [1.807, 2.05) is 0 Å². The summed E-state index contributed by atoms with van der Waals surface area (Å²) < 4.78 is 24.9. The molecule has 2 amide bonds. The van der Waals surface area contributed by atoms with Gasteiger partial charge in [-0.3, -0.25) is 9.59 Å². The van der Waals surface area contributed by atoms with Gasteiger partial charge in [-0.15, -0.1) is 0 Å². The Morgan fingerprint density at radius 3 is 2.50 bits per heavy atom. The molecule has 1 aliphatic heterocycles. The third-order valence-electron chi connectivity index (χ3n) is 4.70. The highest BCUT2D eigenvalue weighted by Crippen LogP contribution is 2.37. The minimum atomic E-state index is -0.416. The van der Waals surface area contributed by atoms with Crippen molar-refractivity contribution in [3.05, 3.63) is 93.6 Å². The van der Waals surface area contributed by atoms with Gasteiger partial charge in [-0.2, -0.15) is 0 Å². The fraction of sp³-hybridized carbons (Fsp3) is 0.0833. The number of ether oxygens (including phenoxy) is 2. The second-order valence-electron chi connectivity index (χ2n) is 6.78. The quantitative estimate of drug-likeness (QED) is 0.396. The number of rotatable bonds is 6. The summed E-state index contributed by atoms with van der Waals surface area (Å²) in [5.41, 5.74) is 1.53. The first-order valence-electron chi connectivity index (χ1n) is 9.54. The van der Waals surface area contributed by atoms with Gasteiger partial charge in [-0.25, -0.2) is 9.29 Å². The molecule has 1 fully saturated rings. The Bertz CT molecular complexity index is 1210. The van der Waals surface area contributed by atoms with Gasteiger partial charge < -0.3 is 9.47 Å². The maximum absolute atomic E-state index is 13.8. The van der Waals surface area contributed by atoms with Gasteiger partial charge in [0.25, 0.3) is 11.1 Å². The van der Waals surface area contributed by atoms with E-state index in [4.69, 9.17) is 21.1 Å². The van der Waals surface area contributed by atoms with Gasteiger partial charge in [0.1, 0.15) is 12.4 Å². The van der Waals surface area contributed by atoms with E-state index in [9.17, 15) is 14.0 Å². The number of carbonyl (C=O) groups excluding carboxylic acids is 2. The topological polar surface area (TPSA) is 55.8 Å². The van der Waals surface area contributed by atoms with Gasteiger partial charge in [0.2, 0.25) is 0 Å². The number of methoxy groups -OCH3 is 1. The van der Waals surface area contributed by atoms with Crippen molar-refractivity contribution in [1.82, 2.24) is 0 Å². The minimum absolute atomic E-state index is 0.0440. The second-order valence-corrected chi connectivity index (χ2v) is 8.21. The summed E-state index contributed by atoms with van der Waals surface area (Å²) >= 11 is 6.74. The number of imide groups is 1. The van der Waals surface area contributed by atoms with Crippen LogP contribution in [-0.2, 0) is 11.4 Å². The zero-order valence-corrected chi connectivity index (χ0v) is 18.5. The van der Waals surface area contributed by atoms with Crippen LogP contribution in [0.2, 0.25) is 5.02 Å². The number of halogens is 2. The molecule has 0 atom stereocenters. The Labute approximate surface area is 193 Å². The van der Waals surface area contributed by atoms with Crippen molar-refractivity contribution in [2.75, 3.05) is 12.0 Å². The maximum atomic E-state index is 13.8. The van der Waals surface area contributed by atoms with E-state index in [-0.39, 0.29) is 22.6 Å². The van der Waals surface area contributed by atoms with Crippen molar-refractivity contribution in [3.63, 3.8) is 0 Å². The highest BCUT2D eigenvalue weighted by Gasteiger charge is 2.36. The highest BCUT2D eigenvalue weighted by atomic mass is 35.5. The Balaban J connectivity index is 1.53.